The summed E-state index contributed by atoms with van der Waals surface area (Å²) in [7, 11) is 3.58. The molecule has 0 radical (unpaired) electrons. The molecule has 0 bridgehead atoms. The minimum Gasteiger partial charge on any atom is -0.331 e. The van der Waals surface area contributed by atoms with E-state index < -0.39 is 0 Å². The first-order valence-corrected chi connectivity index (χ1v) is 8.88. The molecule has 0 aromatic heterocycles. The van der Waals surface area contributed by atoms with Crippen LogP contribution in [-0.4, -0.2) is 79.0 Å². The third kappa shape index (κ3) is 3.34. The zero-order valence-electron chi connectivity index (χ0n) is 14.6. The molecule has 3 rings (SSSR count). The summed E-state index contributed by atoms with van der Waals surface area (Å²) in [6, 6.07) is 2.42. The van der Waals surface area contributed by atoms with Gasteiger partial charge in [0, 0.05) is 39.8 Å². The molecule has 1 aliphatic carbocycles. The molecule has 2 heterocycles. The average molecular weight is 333 g/mol. The molecule has 0 unspecified atom stereocenters. The van der Waals surface area contributed by atoms with Crippen molar-refractivity contribution in [3.8, 4) is 6.07 Å². The van der Waals surface area contributed by atoms with Crippen LogP contribution in [0, 0.1) is 23.2 Å². The second kappa shape index (κ2) is 6.98. The summed E-state index contributed by atoms with van der Waals surface area (Å²) >= 11 is 0. The lowest BCUT2D eigenvalue weighted by Gasteiger charge is -2.24. The molecule has 0 aromatic rings. The van der Waals surface area contributed by atoms with Crippen LogP contribution in [0.1, 0.15) is 25.7 Å². The van der Waals surface area contributed by atoms with E-state index in [1.165, 1.54) is 0 Å². The summed E-state index contributed by atoms with van der Waals surface area (Å²) in [5, 5.41) is 12.5. The lowest BCUT2D eigenvalue weighted by atomic mass is 10.0. The van der Waals surface area contributed by atoms with Crippen LogP contribution in [0.5, 0.6) is 0 Å². The first-order valence-electron chi connectivity index (χ1n) is 8.88. The van der Waals surface area contributed by atoms with Crippen LogP contribution in [0.3, 0.4) is 0 Å². The Morgan fingerprint density at radius 1 is 1.25 bits per heavy atom. The van der Waals surface area contributed by atoms with Gasteiger partial charge in [-0.25, -0.2) is 4.79 Å². The van der Waals surface area contributed by atoms with E-state index in [0.29, 0.717) is 31.0 Å². The molecule has 24 heavy (non-hydrogen) atoms. The van der Waals surface area contributed by atoms with Crippen molar-refractivity contribution in [2.45, 2.75) is 37.8 Å². The van der Waals surface area contributed by atoms with Gasteiger partial charge in [0.2, 0.25) is 5.91 Å². The summed E-state index contributed by atoms with van der Waals surface area (Å²) < 4.78 is 0. The maximum absolute atomic E-state index is 12.3. The summed E-state index contributed by atoms with van der Waals surface area (Å²) in [6.45, 7) is 2.69. The Hall–Kier alpha value is -1.81. The number of nitrogens with zero attached hydrogens (tertiary/aromatic N) is 4. The normalized spacial score (nSPS) is 29.6. The van der Waals surface area contributed by atoms with Gasteiger partial charge in [-0.15, -0.1) is 0 Å². The number of carbonyl (C=O) groups excluding carboxylic acids is 2. The summed E-state index contributed by atoms with van der Waals surface area (Å²) in [5.41, 5.74) is 0. The summed E-state index contributed by atoms with van der Waals surface area (Å²) in [6.07, 6.45) is 3.77. The van der Waals surface area contributed by atoms with Crippen LogP contribution in [0.2, 0.25) is 0 Å². The lowest BCUT2D eigenvalue weighted by Crippen LogP contribution is -2.43. The molecule has 3 aliphatic rings. The lowest BCUT2D eigenvalue weighted by molar-refractivity contribution is -0.130. The van der Waals surface area contributed by atoms with Gasteiger partial charge in [0.05, 0.1) is 12.6 Å². The molecular weight excluding hydrogens is 306 g/mol. The molecule has 3 fully saturated rings. The standard InChI is InChI=1S/C17H27N5O2/c1-20(2)17(24)21-10-12-6-14(7-13(12)11-21)19-9-16(23)22-5-3-4-15(22)8-18/h12-15,19H,3-7,9-11H2,1-2H3/t12-,13-,15-/m0/s1. The van der Waals surface area contributed by atoms with Gasteiger partial charge in [-0.2, -0.15) is 5.26 Å². The van der Waals surface area contributed by atoms with Crippen LogP contribution in [0.25, 0.3) is 0 Å². The predicted octanol–water partition coefficient (Wildman–Crippen LogP) is 0.483. The zero-order valence-corrected chi connectivity index (χ0v) is 14.6. The molecule has 7 heteroatoms. The number of nitriles is 1. The number of nitrogens with one attached hydrogen (secondary N) is 1. The second-order valence-electron chi connectivity index (χ2n) is 7.53. The van der Waals surface area contributed by atoms with Gasteiger partial charge in [-0.05, 0) is 37.5 Å². The van der Waals surface area contributed by atoms with Gasteiger partial charge in [0.1, 0.15) is 6.04 Å². The molecule has 0 aromatic carbocycles. The number of fused-ring (bicyclic) bond motifs is 1. The number of hydrogen-bond acceptors (Lipinski definition) is 4. The number of rotatable bonds is 3. The quantitative estimate of drug-likeness (QED) is 0.815. The van der Waals surface area contributed by atoms with E-state index >= 15 is 0 Å². The molecule has 2 aliphatic heterocycles. The van der Waals surface area contributed by atoms with E-state index in [1.807, 2.05) is 4.90 Å². The van der Waals surface area contributed by atoms with Crippen molar-refractivity contribution in [1.82, 2.24) is 20.0 Å². The number of likely N-dealkylation sites (tertiary alicyclic amines) is 2. The maximum Gasteiger partial charge on any atom is 0.319 e. The van der Waals surface area contributed by atoms with Crippen molar-refractivity contribution in [3.63, 3.8) is 0 Å². The predicted molar refractivity (Wildman–Crippen MR) is 89.0 cm³/mol. The number of hydrogen-bond donors (Lipinski definition) is 1. The maximum atomic E-state index is 12.3. The Labute approximate surface area is 143 Å². The van der Waals surface area contributed by atoms with Crippen molar-refractivity contribution < 1.29 is 9.59 Å². The fourth-order valence-corrected chi connectivity index (χ4v) is 4.44. The molecule has 3 atom stereocenters. The Bertz CT molecular complexity index is 530. The van der Waals surface area contributed by atoms with E-state index in [-0.39, 0.29) is 18.0 Å². The molecule has 132 valence electrons. The van der Waals surface area contributed by atoms with Crippen molar-refractivity contribution in [2.75, 3.05) is 40.3 Å². The van der Waals surface area contributed by atoms with Crippen molar-refractivity contribution in [2.24, 2.45) is 11.8 Å². The van der Waals surface area contributed by atoms with Gasteiger partial charge in [-0.1, -0.05) is 0 Å². The third-order valence-corrected chi connectivity index (χ3v) is 5.67. The Kier molecular flexibility index (Phi) is 4.95. The first-order chi connectivity index (χ1) is 11.5. The summed E-state index contributed by atoms with van der Waals surface area (Å²) in [5.74, 6) is 1.13. The van der Waals surface area contributed by atoms with Gasteiger partial charge in [0.25, 0.3) is 0 Å². The fourth-order valence-electron chi connectivity index (χ4n) is 4.44. The smallest absolute Gasteiger partial charge is 0.319 e. The van der Waals surface area contributed by atoms with Gasteiger partial charge >= 0.3 is 6.03 Å². The fraction of sp³-hybridized carbons (Fsp3) is 0.824. The molecule has 7 nitrogen and oxygen atoms in total. The Morgan fingerprint density at radius 3 is 2.50 bits per heavy atom. The third-order valence-electron chi connectivity index (χ3n) is 5.67. The van der Waals surface area contributed by atoms with Gasteiger partial charge < -0.3 is 20.0 Å². The van der Waals surface area contributed by atoms with E-state index in [2.05, 4.69) is 11.4 Å². The summed E-state index contributed by atoms with van der Waals surface area (Å²) in [4.78, 5) is 29.6. The Balaban J connectivity index is 1.43. The van der Waals surface area contributed by atoms with E-state index in [9.17, 15) is 9.59 Å². The highest BCUT2D eigenvalue weighted by Gasteiger charge is 2.42. The number of amides is 3. The van der Waals surface area contributed by atoms with E-state index in [0.717, 1.165) is 38.8 Å². The largest absolute Gasteiger partial charge is 0.331 e. The first kappa shape index (κ1) is 17.0. The van der Waals surface area contributed by atoms with Crippen LogP contribution in [0.15, 0.2) is 0 Å². The number of urea groups is 1. The highest BCUT2D eigenvalue weighted by Crippen LogP contribution is 2.38. The van der Waals surface area contributed by atoms with Crippen molar-refractivity contribution >= 4 is 11.9 Å². The molecule has 3 amide bonds. The minimum absolute atomic E-state index is 0.0421. The topological polar surface area (TPSA) is 79.7 Å². The molecule has 1 saturated carbocycles. The molecular formula is C17H27N5O2. The van der Waals surface area contributed by atoms with Crippen LogP contribution < -0.4 is 5.32 Å². The SMILES string of the molecule is CN(C)C(=O)N1C[C@@H]2CC(NCC(=O)N3CCC[C@H]3C#N)C[C@H]2C1. The van der Waals surface area contributed by atoms with Crippen molar-refractivity contribution in [3.05, 3.63) is 0 Å². The van der Waals surface area contributed by atoms with Crippen molar-refractivity contribution in [1.29, 1.82) is 5.26 Å². The molecule has 0 spiro atoms. The molecule has 1 N–H and O–H groups in total. The van der Waals surface area contributed by atoms with E-state index in [1.54, 1.807) is 23.9 Å². The highest BCUT2D eigenvalue weighted by atomic mass is 16.2. The Morgan fingerprint density at radius 2 is 1.92 bits per heavy atom. The number of carbonyl (C=O) groups is 2. The van der Waals surface area contributed by atoms with Crippen LogP contribution >= 0.6 is 0 Å². The highest BCUT2D eigenvalue weighted by molar-refractivity contribution is 5.79. The van der Waals surface area contributed by atoms with Gasteiger partial charge in [-0.3, -0.25) is 4.79 Å². The van der Waals surface area contributed by atoms with Crippen LogP contribution in [-0.2, 0) is 4.79 Å². The average Bonchev–Trinajstić information content (AvgIpc) is 3.25. The minimum atomic E-state index is -0.243. The van der Waals surface area contributed by atoms with E-state index in [4.69, 9.17) is 5.26 Å². The van der Waals surface area contributed by atoms with Gasteiger partial charge in [0.15, 0.2) is 0 Å². The second-order valence-corrected chi connectivity index (χ2v) is 7.53. The zero-order chi connectivity index (χ0) is 17.3. The van der Waals surface area contributed by atoms with Crippen LogP contribution in [0.4, 0.5) is 4.79 Å². The molecule has 2 saturated heterocycles. The monoisotopic (exact) mass is 333 g/mol.